The van der Waals surface area contributed by atoms with Gasteiger partial charge in [-0.15, -0.1) is 0 Å². The lowest BCUT2D eigenvalue weighted by molar-refractivity contribution is 1.18. The van der Waals surface area contributed by atoms with Crippen molar-refractivity contribution in [3.8, 4) is 39.1 Å². The molecule has 228 valence electrons. The Hall–Kier alpha value is -6.44. The standard InChI is InChI=1S/C48H31N/c1-3-13-34(14-4-1)43-30-36(31-45-40-19-8-7-17-38(40)39-18-9-10-21-42(39)48(43)45)33-25-23-32(24-26-33)35-27-28-47-44(29-35)41-20-11-12-22-46(41)49(47)37-15-5-2-6-16-37/h1-31H. The molecule has 0 atom stereocenters. The van der Waals surface area contributed by atoms with E-state index in [1.54, 1.807) is 0 Å². The number of para-hydroxylation sites is 2. The molecule has 10 aromatic rings. The van der Waals surface area contributed by atoms with Crippen molar-refractivity contribution < 1.29 is 0 Å². The van der Waals surface area contributed by atoms with E-state index >= 15 is 0 Å². The molecule has 9 aromatic carbocycles. The van der Waals surface area contributed by atoms with Gasteiger partial charge in [-0.3, -0.25) is 0 Å². The van der Waals surface area contributed by atoms with Gasteiger partial charge in [0.25, 0.3) is 0 Å². The topological polar surface area (TPSA) is 4.93 Å². The summed E-state index contributed by atoms with van der Waals surface area (Å²) in [6.45, 7) is 0. The molecule has 0 saturated carbocycles. The largest absolute Gasteiger partial charge is 0.309 e. The van der Waals surface area contributed by atoms with Crippen molar-refractivity contribution in [3.63, 3.8) is 0 Å². The van der Waals surface area contributed by atoms with E-state index in [4.69, 9.17) is 0 Å². The predicted molar refractivity (Wildman–Crippen MR) is 210 cm³/mol. The molecule has 1 heterocycles. The Morgan fingerprint density at radius 2 is 0.755 bits per heavy atom. The molecule has 0 N–H and O–H groups in total. The van der Waals surface area contributed by atoms with Crippen LogP contribution in [-0.2, 0) is 0 Å². The van der Waals surface area contributed by atoms with Crippen molar-refractivity contribution in [1.82, 2.24) is 4.57 Å². The Balaban J connectivity index is 1.14. The first-order valence-corrected chi connectivity index (χ1v) is 16.9. The zero-order chi connectivity index (χ0) is 32.3. The van der Waals surface area contributed by atoms with E-state index in [-0.39, 0.29) is 0 Å². The van der Waals surface area contributed by atoms with Gasteiger partial charge in [-0.1, -0.05) is 146 Å². The third-order valence-electron chi connectivity index (χ3n) is 10.2. The van der Waals surface area contributed by atoms with Crippen LogP contribution in [0.15, 0.2) is 188 Å². The van der Waals surface area contributed by atoms with Crippen LogP contribution in [0.4, 0.5) is 0 Å². The summed E-state index contributed by atoms with van der Waals surface area (Å²) in [4.78, 5) is 0. The average Bonchev–Trinajstić information content (AvgIpc) is 3.52. The molecule has 49 heavy (non-hydrogen) atoms. The third kappa shape index (κ3) is 4.40. The second-order valence-electron chi connectivity index (χ2n) is 12.9. The fourth-order valence-corrected chi connectivity index (χ4v) is 7.91. The highest BCUT2D eigenvalue weighted by Gasteiger charge is 2.16. The van der Waals surface area contributed by atoms with Crippen molar-refractivity contribution in [3.05, 3.63) is 188 Å². The third-order valence-corrected chi connectivity index (χ3v) is 10.2. The Kier molecular flexibility index (Phi) is 6.25. The van der Waals surface area contributed by atoms with Gasteiger partial charge in [0.05, 0.1) is 11.0 Å². The maximum atomic E-state index is 2.40. The number of fused-ring (bicyclic) bond motifs is 9. The lowest BCUT2D eigenvalue weighted by atomic mass is 9.87. The Morgan fingerprint density at radius 3 is 1.47 bits per heavy atom. The molecule has 0 aliphatic carbocycles. The van der Waals surface area contributed by atoms with Crippen LogP contribution < -0.4 is 0 Å². The van der Waals surface area contributed by atoms with Gasteiger partial charge in [0.2, 0.25) is 0 Å². The Bertz CT molecular complexity index is 2840. The quantitative estimate of drug-likeness (QED) is 0.172. The maximum Gasteiger partial charge on any atom is 0.0541 e. The highest BCUT2D eigenvalue weighted by Crippen LogP contribution is 2.43. The van der Waals surface area contributed by atoms with Gasteiger partial charge in [-0.05, 0) is 108 Å². The van der Waals surface area contributed by atoms with E-state index in [2.05, 4.69) is 193 Å². The van der Waals surface area contributed by atoms with Crippen molar-refractivity contribution >= 4 is 54.1 Å². The van der Waals surface area contributed by atoms with E-state index in [0.29, 0.717) is 0 Å². The van der Waals surface area contributed by atoms with Crippen molar-refractivity contribution in [2.75, 3.05) is 0 Å². The number of aromatic nitrogens is 1. The molecule has 1 nitrogen and oxygen atoms in total. The number of nitrogens with zero attached hydrogens (tertiary/aromatic N) is 1. The smallest absolute Gasteiger partial charge is 0.0541 e. The molecular weight excluding hydrogens is 591 g/mol. The highest BCUT2D eigenvalue weighted by molar-refractivity contribution is 6.29. The summed E-state index contributed by atoms with van der Waals surface area (Å²) in [5.41, 5.74) is 11.0. The van der Waals surface area contributed by atoms with Crippen LogP contribution >= 0.6 is 0 Å². The Morgan fingerprint density at radius 1 is 0.265 bits per heavy atom. The minimum atomic E-state index is 1.18. The summed E-state index contributed by atoms with van der Waals surface area (Å²) < 4.78 is 2.37. The SMILES string of the molecule is c1ccc(-c2cc(-c3ccc(-c4ccc5c(c4)c4ccccc4n5-c4ccccc4)cc3)cc3c4ccccc4c4ccccc4c23)cc1. The molecule has 0 amide bonds. The monoisotopic (exact) mass is 621 g/mol. The van der Waals surface area contributed by atoms with Gasteiger partial charge < -0.3 is 4.57 Å². The second kappa shape index (κ2) is 11.1. The van der Waals surface area contributed by atoms with Crippen molar-refractivity contribution in [2.45, 2.75) is 0 Å². The van der Waals surface area contributed by atoms with Gasteiger partial charge in [-0.25, -0.2) is 0 Å². The molecule has 0 saturated heterocycles. The molecule has 0 aliphatic heterocycles. The minimum absolute atomic E-state index is 1.18. The normalized spacial score (nSPS) is 11.7. The number of benzene rings is 9. The lowest BCUT2D eigenvalue weighted by Gasteiger charge is -2.17. The molecule has 0 radical (unpaired) electrons. The summed E-state index contributed by atoms with van der Waals surface area (Å²) in [7, 11) is 0. The van der Waals surface area contributed by atoms with Gasteiger partial charge >= 0.3 is 0 Å². The first kappa shape index (κ1) is 27.7. The molecule has 10 rings (SSSR count). The molecule has 0 unspecified atom stereocenters. The molecule has 0 aliphatic rings. The zero-order valence-electron chi connectivity index (χ0n) is 26.8. The van der Waals surface area contributed by atoms with E-state index < -0.39 is 0 Å². The molecule has 1 heteroatoms. The van der Waals surface area contributed by atoms with Crippen LogP contribution in [0.5, 0.6) is 0 Å². The van der Waals surface area contributed by atoms with Gasteiger partial charge in [0, 0.05) is 16.5 Å². The number of rotatable bonds is 4. The van der Waals surface area contributed by atoms with Crippen LogP contribution in [0, 0.1) is 0 Å². The molecular formula is C48H31N. The van der Waals surface area contributed by atoms with Crippen LogP contribution in [0.2, 0.25) is 0 Å². The summed E-state index contributed by atoms with van der Waals surface area (Å²) in [6, 6.07) is 68.7. The van der Waals surface area contributed by atoms with Gasteiger partial charge in [0.1, 0.15) is 0 Å². The van der Waals surface area contributed by atoms with E-state index in [1.165, 1.54) is 93.2 Å². The predicted octanol–water partition coefficient (Wildman–Crippen LogP) is 13.2. The number of hydrogen-bond donors (Lipinski definition) is 0. The Labute approximate surface area is 284 Å². The summed E-state index contributed by atoms with van der Waals surface area (Å²) in [5.74, 6) is 0. The number of hydrogen-bond acceptors (Lipinski definition) is 0. The second-order valence-corrected chi connectivity index (χ2v) is 12.9. The molecule has 0 fully saturated rings. The van der Waals surface area contributed by atoms with E-state index in [9.17, 15) is 0 Å². The van der Waals surface area contributed by atoms with Crippen molar-refractivity contribution in [1.29, 1.82) is 0 Å². The maximum absolute atomic E-state index is 2.40. The summed E-state index contributed by atoms with van der Waals surface area (Å²) >= 11 is 0. The summed E-state index contributed by atoms with van der Waals surface area (Å²) in [5, 5.41) is 10.3. The molecule has 1 aromatic heterocycles. The first-order valence-electron chi connectivity index (χ1n) is 16.9. The fourth-order valence-electron chi connectivity index (χ4n) is 7.91. The van der Waals surface area contributed by atoms with Gasteiger partial charge in [0.15, 0.2) is 0 Å². The highest BCUT2D eigenvalue weighted by atomic mass is 15.0. The van der Waals surface area contributed by atoms with Gasteiger partial charge in [-0.2, -0.15) is 0 Å². The molecule has 0 bridgehead atoms. The lowest BCUT2D eigenvalue weighted by Crippen LogP contribution is -1.92. The first-order chi connectivity index (χ1) is 24.3. The zero-order valence-corrected chi connectivity index (χ0v) is 26.8. The van der Waals surface area contributed by atoms with Crippen LogP contribution in [0.3, 0.4) is 0 Å². The van der Waals surface area contributed by atoms with Crippen molar-refractivity contribution in [2.24, 2.45) is 0 Å². The fraction of sp³-hybridized carbons (Fsp3) is 0. The van der Waals surface area contributed by atoms with E-state index in [0.717, 1.165) is 0 Å². The van der Waals surface area contributed by atoms with Crippen LogP contribution in [0.25, 0.3) is 93.2 Å². The minimum Gasteiger partial charge on any atom is -0.309 e. The average molecular weight is 622 g/mol. The van der Waals surface area contributed by atoms with E-state index in [1.807, 2.05) is 0 Å². The van der Waals surface area contributed by atoms with Crippen LogP contribution in [-0.4, -0.2) is 4.57 Å². The molecule has 0 spiro atoms. The summed E-state index contributed by atoms with van der Waals surface area (Å²) in [6.07, 6.45) is 0. The van der Waals surface area contributed by atoms with Crippen LogP contribution in [0.1, 0.15) is 0 Å².